The van der Waals surface area contributed by atoms with Crippen LogP contribution in [0.1, 0.15) is 45.4 Å². The zero-order chi connectivity index (χ0) is 20.0. The lowest BCUT2D eigenvalue weighted by molar-refractivity contribution is -0.124. The predicted octanol–water partition coefficient (Wildman–Crippen LogP) is 4.09. The third kappa shape index (κ3) is 8.10. The Morgan fingerprint density at radius 3 is 2.32 bits per heavy atom. The SMILES string of the molecule is CCOc1ccccc1OCCNCCCCCCCCN1C(=O)CSC1=O. The highest BCUT2D eigenvalue weighted by atomic mass is 32.2. The summed E-state index contributed by atoms with van der Waals surface area (Å²) in [5.74, 6) is 1.87. The summed E-state index contributed by atoms with van der Waals surface area (Å²) >= 11 is 1.11. The standard InChI is InChI=1S/C21H32N2O4S/c1-2-26-18-11-7-8-12-19(18)27-16-14-22-13-9-5-3-4-6-10-15-23-20(24)17-28-21(23)25/h7-8,11-12,22H,2-6,9-10,13-17H2,1H3. The summed E-state index contributed by atoms with van der Waals surface area (Å²) in [6.45, 7) is 5.61. The van der Waals surface area contributed by atoms with Crippen molar-refractivity contribution in [2.75, 3.05) is 38.6 Å². The highest BCUT2D eigenvalue weighted by Crippen LogP contribution is 2.26. The molecule has 7 heteroatoms. The summed E-state index contributed by atoms with van der Waals surface area (Å²) in [7, 11) is 0. The summed E-state index contributed by atoms with van der Waals surface area (Å²) in [5.41, 5.74) is 0. The molecule has 0 bridgehead atoms. The number of nitrogens with zero attached hydrogens (tertiary/aromatic N) is 1. The largest absolute Gasteiger partial charge is 0.490 e. The number of benzene rings is 1. The van der Waals surface area contributed by atoms with Crippen molar-refractivity contribution >= 4 is 22.9 Å². The maximum atomic E-state index is 11.5. The number of thioether (sulfide) groups is 1. The summed E-state index contributed by atoms with van der Waals surface area (Å²) in [4.78, 5) is 24.3. The average Bonchev–Trinajstić information content (AvgIpc) is 3.02. The van der Waals surface area contributed by atoms with Gasteiger partial charge < -0.3 is 14.8 Å². The molecule has 0 radical (unpaired) electrons. The van der Waals surface area contributed by atoms with Gasteiger partial charge in [0.15, 0.2) is 11.5 Å². The van der Waals surface area contributed by atoms with Gasteiger partial charge in [-0.05, 0) is 38.4 Å². The van der Waals surface area contributed by atoms with E-state index in [9.17, 15) is 9.59 Å². The number of ether oxygens (including phenoxy) is 2. The van der Waals surface area contributed by atoms with Crippen molar-refractivity contribution in [1.82, 2.24) is 10.2 Å². The molecule has 2 amide bonds. The number of imide groups is 1. The van der Waals surface area contributed by atoms with Gasteiger partial charge in [0.25, 0.3) is 5.24 Å². The third-order valence-corrected chi connectivity index (χ3v) is 5.37. The van der Waals surface area contributed by atoms with Gasteiger partial charge in [0.1, 0.15) is 6.61 Å². The fourth-order valence-corrected chi connectivity index (χ4v) is 3.78. The first kappa shape index (κ1) is 22.6. The molecule has 1 aliphatic heterocycles. The van der Waals surface area contributed by atoms with Crippen LogP contribution in [0, 0.1) is 0 Å². The molecule has 0 saturated carbocycles. The molecule has 1 aliphatic rings. The number of unbranched alkanes of at least 4 members (excludes halogenated alkanes) is 5. The Kier molecular flexibility index (Phi) is 10.8. The van der Waals surface area contributed by atoms with Gasteiger partial charge in [-0.3, -0.25) is 14.5 Å². The van der Waals surface area contributed by atoms with Crippen LogP contribution in [-0.2, 0) is 4.79 Å². The first-order valence-corrected chi connectivity index (χ1v) is 11.2. The molecule has 1 heterocycles. The second kappa shape index (κ2) is 13.4. The molecule has 6 nitrogen and oxygen atoms in total. The lowest BCUT2D eigenvalue weighted by atomic mass is 10.1. The fourth-order valence-electron chi connectivity index (χ4n) is 3.03. The summed E-state index contributed by atoms with van der Waals surface area (Å²) < 4.78 is 11.3. The lowest BCUT2D eigenvalue weighted by Gasteiger charge is -2.12. The van der Waals surface area contributed by atoms with Crippen LogP contribution in [0.15, 0.2) is 24.3 Å². The zero-order valence-corrected chi connectivity index (χ0v) is 17.6. The number of hydrogen-bond acceptors (Lipinski definition) is 6. The molecule has 0 atom stereocenters. The van der Waals surface area contributed by atoms with Crippen LogP contribution >= 0.6 is 11.8 Å². The van der Waals surface area contributed by atoms with Crippen molar-refractivity contribution in [1.29, 1.82) is 0 Å². The molecule has 1 N–H and O–H groups in total. The molecular weight excluding hydrogens is 376 g/mol. The topological polar surface area (TPSA) is 67.9 Å². The van der Waals surface area contributed by atoms with Gasteiger partial charge in [0.2, 0.25) is 5.91 Å². The van der Waals surface area contributed by atoms with Gasteiger partial charge in [0, 0.05) is 13.1 Å². The Morgan fingerprint density at radius 1 is 0.964 bits per heavy atom. The van der Waals surface area contributed by atoms with E-state index in [0.717, 1.165) is 62.0 Å². The minimum absolute atomic E-state index is 0.0357. The van der Waals surface area contributed by atoms with Gasteiger partial charge in [0.05, 0.1) is 12.4 Å². The molecule has 156 valence electrons. The van der Waals surface area contributed by atoms with Crippen molar-refractivity contribution in [3.8, 4) is 11.5 Å². The van der Waals surface area contributed by atoms with E-state index >= 15 is 0 Å². The molecule has 0 aliphatic carbocycles. The van der Waals surface area contributed by atoms with Crippen molar-refractivity contribution in [3.63, 3.8) is 0 Å². The van der Waals surface area contributed by atoms with Crippen LogP contribution in [0.2, 0.25) is 0 Å². The smallest absolute Gasteiger partial charge is 0.288 e. The Morgan fingerprint density at radius 2 is 1.64 bits per heavy atom. The fraction of sp³-hybridized carbons (Fsp3) is 0.619. The first-order valence-electron chi connectivity index (χ1n) is 10.2. The number of amides is 2. The molecule has 1 aromatic carbocycles. The van der Waals surface area contributed by atoms with Gasteiger partial charge in [-0.25, -0.2) is 0 Å². The Balaban J connectivity index is 1.39. The molecule has 0 unspecified atom stereocenters. The highest BCUT2D eigenvalue weighted by molar-refractivity contribution is 8.14. The minimum atomic E-state index is -0.0820. The highest BCUT2D eigenvalue weighted by Gasteiger charge is 2.28. The average molecular weight is 409 g/mol. The molecular formula is C21H32N2O4S. The van der Waals surface area contributed by atoms with Gasteiger partial charge in [-0.1, -0.05) is 49.6 Å². The summed E-state index contributed by atoms with van der Waals surface area (Å²) in [6.07, 6.45) is 6.67. The second-order valence-electron chi connectivity index (χ2n) is 6.70. The van der Waals surface area contributed by atoms with E-state index < -0.39 is 0 Å². The molecule has 2 rings (SSSR count). The Labute approximate surface area is 172 Å². The van der Waals surface area contributed by atoms with Crippen molar-refractivity contribution < 1.29 is 19.1 Å². The monoisotopic (exact) mass is 408 g/mol. The lowest BCUT2D eigenvalue weighted by Crippen LogP contribution is -2.29. The number of carbonyl (C=O) groups excluding carboxylic acids is 2. The number of nitrogens with one attached hydrogen (secondary N) is 1. The normalized spacial score (nSPS) is 14.0. The van der Waals surface area contributed by atoms with E-state index in [2.05, 4.69) is 5.32 Å². The second-order valence-corrected chi connectivity index (χ2v) is 7.63. The van der Waals surface area contributed by atoms with Crippen LogP contribution in [-0.4, -0.2) is 54.6 Å². The zero-order valence-electron chi connectivity index (χ0n) is 16.8. The summed E-state index contributed by atoms with van der Waals surface area (Å²) in [5, 5.41) is 3.32. The Bertz CT molecular complexity index is 596. The predicted molar refractivity (Wildman–Crippen MR) is 113 cm³/mol. The van der Waals surface area contributed by atoms with Crippen LogP contribution in [0.5, 0.6) is 11.5 Å². The first-order chi connectivity index (χ1) is 13.7. The van der Waals surface area contributed by atoms with Crippen LogP contribution in [0.4, 0.5) is 4.79 Å². The molecule has 28 heavy (non-hydrogen) atoms. The maximum Gasteiger partial charge on any atom is 0.288 e. The number of rotatable bonds is 15. The number of hydrogen-bond donors (Lipinski definition) is 1. The third-order valence-electron chi connectivity index (χ3n) is 4.51. The van der Waals surface area contributed by atoms with Crippen LogP contribution in [0.3, 0.4) is 0 Å². The van der Waals surface area contributed by atoms with Gasteiger partial charge in [-0.15, -0.1) is 0 Å². The van der Waals surface area contributed by atoms with E-state index in [0.29, 0.717) is 25.5 Å². The van der Waals surface area contributed by atoms with E-state index in [1.165, 1.54) is 17.7 Å². The molecule has 0 aromatic heterocycles. The minimum Gasteiger partial charge on any atom is -0.490 e. The van der Waals surface area contributed by atoms with Crippen LogP contribution in [0.25, 0.3) is 0 Å². The van der Waals surface area contributed by atoms with Crippen molar-refractivity contribution in [3.05, 3.63) is 24.3 Å². The quantitative estimate of drug-likeness (QED) is 0.441. The Hall–Kier alpha value is -1.73. The van der Waals surface area contributed by atoms with Crippen LogP contribution < -0.4 is 14.8 Å². The molecule has 0 spiro atoms. The van der Waals surface area contributed by atoms with E-state index in [1.807, 2.05) is 31.2 Å². The van der Waals surface area contributed by atoms with Gasteiger partial charge >= 0.3 is 0 Å². The van der Waals surface area contributed by atoms with E-state index in [-0.39, 0.29) is 11.1 Å². The molecule has 1 aromatic rings. The number of para-hydroxylation sites is 2. The number of carbonyl (C=O) groups is 2. The van der Waals surface area contributed by atoms with Crippen molar-refractivity contribution in [2.45, 2.75) is 45.4 Å². The molecule has 1 saturated heterocycles. The van der Waals surface area contributed by atoms with E-state index in [1.54, 1.807) is 0 Å². The summed E-state index contributed by atoms with van der Waals surface area (Å²) in [6, 6.07) is 7.75. The maximum absolute atomic E-state index is 11.5. The van der Waals surface area contributed by atoms with Gasteiger partial charge in [-0.2, -0.15) is 0 Å². The van der Waals surface area contributed by atoms with Crippen molar-refractivity contribution in [2.24, 2.45) is 0 Å². The molecule has 1 fully saturated rings. The van der Waals surface area contributed by atoms with E-state index in [4.69, 9.17) is 9.47 Å².